The van der Waals surface area contributed by atoms with Gasteiger partial charge in [-0.1, -0.05) is 34.1 Å². The van der Waals surface area contributed by atoms with E-state index in [4.69, 9.17) is 14.2 Å². The van der Waals surface area contributed by atoms with Gasteiger partial charge in [0.25, 0.3) is 0 Å². The number of carbonyl (C=O) groups is 4. The van der Waals surface area contributed by atoms with E-state index in [-0.39, 0.29) is 37.3 Å². The van der Waals surface area contributed by atoms with Crippen molar-refractivity contribution < 1.29 is 33.4 Å². The summed E-state index contributed by atoms with van der Waals surface area (Å²) in [6.45, 7) is 10.9. The molecule has 0 aromatic heterocycles. The van der Waals surface area contributed by atoms with E-state index in [1.54, 1.807) is 48.6 Å². The zero-order valence-corrected chi connectivity index (χ0v) is 25.3. The average molecular weight is 614 g/mol. The third kappa shape index (κ3) is 13.2. The number of hydrogen-bond donors (Lipinski definition) is 3. The number of nitrogens with one attached hydrogen (secondary N) is 3. The molecule has 0 aliphatic heterocycles. The number of halogens is 1. The predicted molar refractivity (Wildman–Crippen MR) is 148 cm³/mol. The minimum absolute atomic E-state index is 0.0385. The second-order valence-corrected chi connectivity index (χ2v) is 12.5. The molecule has 3 N–H and O–H groups in total. The minimum Gasteiger partial charge on any atom is -0.460 e. The van der Waals surface area contributed by atoms with Gasteiger partial charge in [0.2, 0.25) is 5.91 Å². The summed E-state index contributed by atoms with van der Waals surface area (Å²) in [4.78, 5) is 49.5. The number of hydrogen-bond acceptors (Lipinski definition) is 8. The van der Waals surface area contributed by atoms with Crippen LogP contribution >= 0.6 is 15.9 Å². The SMILES string of the molecule is CN(CC(=O)OCc1ccccc1Br)NC(=O)C[C@@H](NC(=O)OC(C)(C)C)[C@H]1C[C@H]1CNC(=O)OC(C)(C)C. The molecule has 3 atom stereocenters. The molecule has 2 rings (SSSR count). The molecule has 0 saturated heterocycles. The zero-order valence-electron chi connectivity index (χ0n) is 23.8. The van der Waals surface area contributed by atoms with Crippen molar-refractivity contribution in [3.8, 4) is 0 Å². The second-order valence-electron chi connectivity index (χ2n) is 11.6. The van der Waals surface area contributed by atoms with Crippen LogP contribution in [0.25, 0.3) is 0 Å². The number of nitrogens with zero attached hydrogens (tertiary/aromatic N) is 1. The van der Waals surface area contributed by atoms with E-state index in [0.29, 0.717) is 13.0 Å². The Labute approximate surface area is 238 Å². The first-order chi connectivity index (χ1) is 18.0. The highest BCUT2D eigenvalue weighted by atomic mass is 79.9. The Morgan fingerprint density at radius 2 is 1.64 bits per heavy atom. The van der Waals surface area contributed by atoms with E-state index < -0.39 is 35.4 Å². The lowest BCUT2D eigenvalue weighted by Crippen LogP contribution is -2.47. The lowest BCUT2D eigenvalue weighted by Gasteiger charge is -2.25. The van der Waals surface area contributed by atoms with Crippen LogP contribution in [0.5, 0.6) is 0 Å². The highest BCUT2D eigenvalue weighted by molar-refractivity contribution is 9.10. The fraction of sp³-hybridized carbons (Fsp3) is 0.630. The van der Waals surface area contributed by atoms with E-state index >= 15 is 0 Å². The summed E-state index contributed by atoms with van der Waals surface area (Å²) < 4.78 is 16.8. The van der Waals surface area contributed by atoms with Gasteiger partial charge in [-0.05, 0) is 65.9 Å². The summed E-state index contributed by atoms with van der Waals surface area (Å²) in [6, 6.07) is 6.89. The number of esters is 1. The van der Waals surface area contributed by atoms with Gasteiger partial charge in [-0.2, -0.15) is 0 Å². The topological polar surface area (TPSA) is 135 Å². The molecular formula is C27H41BrN4O7. The summed E-state index contributed by atoms with van der Waals surface area (Å²) in [5.41, 5.74) is 2.17. The molecular weight excluding hydrogens is 572 g/mol. The molecule has 1 aromatic carbocycles. The van der Waals surface area contributed by atoms with Crippen molar-refractivity contribution in [3.63, 3.8) is 0 Å². The Kier molecular flexibility index (Phi) is 11.6. The lowest BCUT2D eigenvalue weighted by atomic mass is 10.1. The smallest absolute Gasteiger partial charge is 0.407 e. The monoisotopic (exact) mass is 612 g/mol. The van der Waals surface area contributed by atoms with E-state index in [1.165, 1.54) is 5.01 Å². The van der Waals surface area contributed by atoms with Gasteiger partial charge in [0.15, 0.2) is 0 Å². The Morgan fingerprint density at radius 3 is 2.26 bits per heavy atom. The van der Waals surface area contributed by atoms with Crippen molar-refractivity contribution in [2.45, 2.75) is 78.2 Å². The summed E-state index contributed by atoms with van der Waals surface area (Å²) in [7, 11) is 1.55. The molecule has 11 nitrogen and oxygen atoms in total. The van der Waals surface area contributed by atoms with Gasteiger partial charge in [-0.15, -0.1) is 0 Å². The molecule has 1 aliphatic carbocycles. The first kappa shape index (κ1) is 32.4. The van der Waals surface area contributed by atoms with Gasteiger partial charge in [-0.25, -0.2) is 14.6 Å². The number of carbonyl (C=O) groups excluding carboxylic acids is 4. The standard InChI is InChI=1S/C27H41BrN4O7/c1-26(2,3)38-24(35)29-14-18-12-19(18)21(30-25(36)39-27(4,5)6)13-22(33)31-32(7)15-23(34)37-16-17-10-8-9-11-20(17)28/h8-11,18-19,21H,12-16H2,1-7H3,(H,29,35)(H,30,36)(H,31,33)/t18-,19-,21+/m0/s1. The molecule has 39 heavy (non-hydrogen) atoms. The summed E-state index contributed by atoms with van der Waals surface area (Å²) in [5, 5.41) is 6.88. The normalized spacial score (nSPS) is 17.6. The number of rotatable bonds is 11. The maximum atomic E-state index is 12.8. The predicted octanol–water partition coefficient (Wildman–Crippen LogP) is 3.90. The van der Waals surface area contributed by atoms with Crippen molar-refractivity contribution in [2.24, 2.45) is 11.8 Å². The Hall–Kier alpha value is -2.86. The van der Waals surface area contributed by atoms with Crippen LogP contribution in [0.3, 0.4) is 0 Å². The molecule has 0 bridgehead atoms. The van der Waals surface area contributed by atoms with Crippen LogP contribution < -0.4 is 16.1 Å². The van der Waals surface area contributed by atoms with Gasteiger partial charge in [0.05, 0.1) is 0 Å². The van der Waals surface area contributed by atoms with E-state index in [0.717, 1.165) is 10.0 Å². The van der Waals surface area contributed by atoms with Crippen LogP contribution in [0.15, 0.2) is 28.7 Å². The molecule has 0 radical (unpaired) electrons. The Balaban J connectivity index is 1.88. The van der Waals surface area contributed by atoms with Gasteiger partial charge >= 0.3 is 18.2 Å². The number of ether oxygens (including phenoxy) is 3. The second kappa shape index (κ2) is 14.0. The van der Waals surface area contributed by atoms with Crippen LogP contribution in [0, 0.1) is 11.8 Å². The third-order valence-electron chi connectivity index (χ3n) is 5.54. The van der Waals surface area contributed by atoms with Gasteiger partial charge in [0, 0.05) is 36.1 Å². The quantitative estimate of drug-likeness (QED) is 0.194. The fourth-order valence-electron chi connectivity index (χ4n) is 3.81. The number of likely N-dealkylation sites (N-methyl/N-ethyl adjacent to an activating group) is 1. The van der Waals surface area contributed by atoms with Crippen molar-refractivity contribution in [1.29, 1.82) is 0 Å². The van der Waals surface area contributed by atoms with Gasteiger partial charge < -0.3 is 24.8 Å². The van der Waals surface area contributed by atoms with Crippen molar-refractivity contribution in [2.75, 3.05) is 20.1 Å². The highest BCUT2D eigenvalue weighted by Gasteiger charge is 2.45. The largest absolute Gasteiger partial charge is 0.460 e. The molecule has 0 spiro atoms. The van der Waals surface area contributed by atoms with Crippen molar-refractivity contribution in [1.82, 2.24) is 21.1 Å². The summed E-state index contributed by atoms with van der Waals surface area (Å²) >= 11 is 3.41. The van der Waals surface area contributed by atoms with Crippen LogP contribution in [-0.4, -0.2) is 66.5 Å². The minimum atomic E-state index is -0.700. The fourth-order valence-corrected chi connectivity index (χ4v) is 4.21. The zero-order chi connectivity index (χ0) is 29.4. The molecule has 0 unspecified atom stereocenters. The van der Waals surface area contributed by atoms with Gasteiger partial charge in [-0.3, -0.25) is 15.0 Å². The van der Waals surface area contributed by atoms with Crippen molar-refractivity contribution >= 4 is 40.0 Å². The highest BCUT2D eigenvalue weighted by Crippen LogP contribution is 2.42. The molecule has 1 aliphatic rings. The molecule has 0 heterocycles. The van der Waals surface area contributed by atoms with Crippen LogP contribution in [0.4, 0.5) is 9.59 Å². The maximum Gasteiger partial charge on any atom is 0.407 e. The van der Waals surface area contributed by atoms with Crippen LogP contribution in [0.2, 0.25) is 0 Å². The number of benzene rings is 1. The average Bonchev–Trinajstić information content (AvgIpc) is 3.54. The Bertz CT molecular complexity index is 1020. The van der Waals surface area contributed by atoms with E-state index in [9.17, 15) is 19.2 Å². The van der Waals surface area contributed by atoms with Crippen LogP contribution in [-0.2, 0) is 30.4 Å². The Morgan fingerprint density at radius 1 is 1.03 bits per heavy atom. The lowest BCUT2D eigenvalue weighted by molar-refractivity contribution is -0.147. The number of amides is 3. The van der Waals surface area contributed by atoms with Crippen LogP contribution in [0.1, 0.15) is 59.9 Å². The van der Waals surface area contributed by atoms with Gasteiger partial charge in [0.1, 0.15) is 24.4 Å². The molecule has 1 fully saturated rings. The molecule has 12 heteroatoms. The number of hydrazine groups is 1. The number of alkyl carbamates (subject to hydrolysis) is 2. The summed E-state index contributed by atoms with van der Waals surface area (Å²) in [5.74, 6) is -0.872. The molecule has 218 valence electrons. The first-order valence-corrected chi connectivity index (χ1v) is 13.7. The van der Waals surface area contributed by atoms with E-state index in [2.05, 4.69) is 32.0 Å². The van der Waals surface area contributed by atoms with Crippen molar-refractivity contribution in [3.05, 3.63) is 34.3 Å². The maximum absolute atomic E-state index is 12.8. The third-order valence-corrected chi connectivity index (χ3v) is 6.31. The first-order valence-electron chi connectivity index (χ1n) is 12.9. The van der Waals surface area contributed by atoms with E-state index in [1.807, 2.05) is 24.3 Å². The molecule has 1 aromatic rings. The summed E-state index contributed by atoms with van der Waals surface area (Å²) in [6.07, 6.45) is -0.477. The molecule has 1 saturated carbocycles. The molecule has 3 amide bonds.